The Morgan fingerprint density at radius 3 is 2.45 bits per heavy atom. The molecule has 2 unspecified atom stereocenters. The van der Waals surface area contributed by atoms with E-state index >= 15 is 0 Å². The van der Waals surface area contributed by atoms with Crippen LogP contribution in [0.2, 0.25) is 10.0 Å². The smallest absolute Gasteiger partial charge is 0.229 e. The number of ketones is 1. The molecule has 33 heavy (non-hydrogen) atoms. The SMILES string of the molecule is C=CC[C@@]1(C)C[C@H](c2cccc(Cl)c2)C(c2ccc(Cl)cc2)N(C(CC)CCC(C)=O)C1=O. The third-order valence-electron chi connectivity index (χ3n) is 6.88. The highest BCUT2D eigenvalue weighted by Crippen LogP contribution is 2.52. The molecule has 0 bridgehead atoms. The minimum atomic E-state index is -0.582. The molecule has 0 aromatic heterocycles. The van der Waals surface area contributed by atoms with Crippen LogP contribution in [0, 0.1) is 5.41 Å². The zero-order chi connectivity index (χ0) is 24.2. The van der Waals surface area contributed by atoms with Gasteiger partial charge < -0.3 is 9.69 Å². The molecule has 1 aliphatic heterocycles. The Kier molecular flexibility index (Phi) is 8.42. The highest BCUT2D eigenvalue weighted by molar-refractivity contribution is 6.30. The Labute approximate surface area is 207 Å². The monoisotopic (exact) mass is 485 g/mol. The van der Waals surface area contributed by atoms with Crippen LogP contribution in [0.3, 0.4) is 0 Å². The molecule has 0 saturated carbocycles. The number of hydrogen-bond acceptors (Lipinski definition) is 2. The molecular weight excluding hydrogens is 453 g/mol. The van der Waals surface area contributed by atoms with Gasteiger partial charge in [0.05, 0.1) is 11.5 Å². The van der Waals surface area contributed by atoms with E-state index in [1.807, 2.05) is 55.5 Å². The van der Waals surface area contributed by atoms with Crippen LogP contribution in [0.25, 0.3) is 0 Å². The molecule has 1 aliphatic rings. The van der Waals surface area contributed by atoms with E-state index in [-0.39, 0.29) is 29.7 Å². The highest BCUT2D eigenvalue weighted by Gasteiger charge is 2.50. The van der Waals surface area contributed by atoms with Crippen LogP contribution >= 0.6 is 23.2 Å². The number of rotatable bonds is 9. The quantitative estimate of drug-likeness (QED) is 0.340. The number of carbonyl (C=O) groups is 2. The Morgan fingerprint density at radius 2 is 1.88 bits per heavy atom. The van der Waals surface area contributed by atoms with Crippen LogP contribution in [0.15, 0.2) is 61.2 Å². The van der Waals surface area contributed by atoms with Gasteiger partial charge in [-0.05, 0) is 68.0 Å². The Morgan fingerprint density at radius 1 is 1.18 bits per heavy atom. The minimum Gasteiger partial charge on any atom is -0.332 e. The summed E-state index contributed by atoms with van der Waals surface area (Å²) in [5.41, 5.74) is 1.57. The summed E-state index contributed by atoms with van der Waals surface area (Å²) in [5.74, 6) is 0.302. The Bertz CT molecular complexity index is 1000. The van der Waals surface area contributed by atoms with Crippen LogP contribution in [0.5, 0.6) is 0 Å². The maximum Gasteiger partial charge on any atom is 0.229 e. The maximum atomic E-state index is 14.1. The average Bonchev–Trinajstić information content (AvgIpc) is 2.77. The number of halogens is 2. The van der Waals surface area contributed by atoms with Crippen molar-refractivity contribution in [2.24, 2.45) is 5.41 Å². The van der Waals surface area contributed by atoms with Crippen LogP contribution in [-0.2, 0) is 9.59 Å². The van der Waals surface area contributed by atoms with Gasteiger partial charge in [0, 0.05) is 28.4 Å². The van der Waals surface area contributed by atoms with Gasteiger partial charge in [-0.15, -0.1) is 6.58 Å². The van der Waals surface area contributed by atoms with Crippen LogP contribution in [-0.4, -0.2) is 22.6 Å². The molecule has 0 radical (unpaired) electrons. The molecule has 1 heterocycles. The molecule has 0 aliphatic carbocycles. The summed E-state index contributed by atoms with van der Waals surface area (Å²) in [6, 6.07) is 15.5. The third kappa shape index (κ3) is 5.70. The fourth-order valence-electron chi connectivity index (χ4n) is 5.20. The fraction of sp³-hybridized carbons (Fsp3) is 0.429. The van der Waals surface area contributed by atoms with Crippen molar-refractivity contribution in [1.82, 2.24) is 4.90 Å². The molecule has 1 saturated heterocycles. The van der Waals surface area contributed by atoms with Gasteiger partial charge in [0.1, 0.15) is 5.78 Å². The molecule has 2 aromatic carbocycles. The minimum absolute atomic E-state index is 0.0407. The number of benzene rings is 2. The number of likely N-dealkylation sites (tertiary alicyclic amines) is 1. The van der Waals surface area contributed by atoms with Crippen LogP contribution in [0.4, 0.5) is 0 Å². The maximum absolute atomic E-state index is 14.1. The van der Waals surface area contributed by atoms with E-state index < -0.39 is 5.41 Å². The molecule has 0 spiro atoms. The van der Waals surface area contributed by atoms with Gasteiger partial charge in [0.2, 0.25) is 5.91 Å². The van der Waals surface area contributed by atoms with Gasteiger partial charge in [-0.3, -0.25) is 4.79 Å². The van der Waals surface area contributed by atoms with Crippen molar-refractivity contribution < 1.29 is 9.59 Å². The molecule has 2 aromatic rings. The van der Waals surface area contributed by atoms with E-state index in [9.17, 15) is 9.59 Å². The van der Waals surface area contributed by atoms with Crippen molar-refractivity contribution in [3.05, 3.63) is 82.4 Å². The lowest BCUT2D eigenvalue weighted by molar-refractivity contribution is -0.155. The third-order valence-corrected chi connectivity index (χ3v) is 7.37. The number of Topliss-reactive ketones (excluding diaryl/α,β-unsaturated/α-hetero) is 1. The number of hydrogen-bond donors (Lipinski definition) is 0. The first kappa shape index (κ1) is 25.5. The molecule has 1 fully saturated rings. The van der Waals surface area contributed by atoms with Crippen molar-refractivity contribution in [3.8, 4) is 0 Å². The highest BCUT2D eigenvalue weighted by atomic mass is 35.5. The summed E-state index contributed by atoms with van der Waals surface area (Å²) < 4.78 is 0. The van der Waals surface area contributed by atoms with Crippen LogP contribution < -0.4 is 0 Å². The molecular formula is C28H33Cl2NO2. The van der Waals surface area contributed by atoms with Crippen molar-refractivity contribution in [2.75, 3.05) is 0 Å². The molecule has 0 N–H and O–H groups in total. The fourth-order valence-corrected chi connectivity index (χ4v) is 5.52. The second-order valence-electron chi connectivity index (χ2n) is 9.43. The van der Waals surface area contributed by atoms with E-state index in [1.165, 1.54) is 0 Å². The number of piperidine rings is 1. The molecule has 5 heteroatoms. The lowest BCUT2D eigenvalue weighted by Gasteiger charge is -2.52. The summed E-state index contributed by atoms with van der Waals surface area (Å²) >= 11 is 12.6. The van der Waals surface area contributed by atoms with E-state index in [4.69, 9.17) is 23.2 Å². The van der Waals surface area contributed by atoms with E-state index in [2.05, 4.69) is 24.5 Å². The van der Waals surface area contributed by atoms with Gasteiger partial charge in [-0.25, -0.2) is 0 Å². The van der Waals surface area contributed by atoms with E-state index in [0.717, 1.165) is 17.5 Å². The number of allylic oxidation sites excluding steroid dienone is 1. The normalized spacial score (nSPS) is 23.9. The average molecular weight is 486 g/mol. The molecule has 176 valence electrons. The zero-order valence-corrected chi connectivity index (χ0v) is 21.2. The molecule has 3 nitrogen and oxygen atoms in total. The second-order valence-corrected chi connectivity index (χ2v) is 10.3. The largest absolute Gasteiger partial charge is 0.332 e. The molecule has 4 atom stereocenters. The van der Waals surface area contributed by atoms with Crippen molar-refractivity contribution in [1.29, 1.82) is 0 Å². The van der Waals surface area contributed by atoms with E-state index in [0.29, 0.717) is 35.7 Å². The van der Waals surface area contributed by atoms with Gasteiger partial charge in [0.25, 0.3) is 0 Å². The standard InChI is InChI=1S/C28H33Cl2NO2/c1-5-16-28(4)18-25(21-8-7-9-23(30)17-21)26(20-11-13-22(29)14-12-20)31(27(28)33)24(6-2)15-10-19(3)32/h5,7-9,11-14,17,24-26H,1,6,10,15-16,18H2,2-4H3/t24?,25-,26?,28+/m1/s1. The Balaban J connectivity index is 2.20. The molecule has 1 amide bonds. The predicted molar refractivity (Wildman–Crippen MR) is 137 cm³/mol. The van der Waals surface area contributed by atoms with Gasteiger partial charge in [-0.2, -0.15) is 0 Å². The van der Waals surface area contributed by atoms with Gasteiger partial charge >= 0.3 is 0 Å². The summed E-state index contributed by atoms with van der Waals surface area (Å²) in [6.07, 6.45) is 4.99. The van der Waals surface area contributed by atoms with Crippen molar-refractivity contribution >= 4 is 34.9 Å². The summed E-state index contributed by atoms with van der Waals surface area (Å²) in [4.78, 5) is 28.0. The van der Waals surface area contributed by atoms with Crippen molar-refractivity contribution in [3.63, 3.8) is 0 Å². The zero-order valence-electron chi connectivity index (χ0n) is 19.7. The molecule has 3 rings (SSSR count). The summed E-state index contributed by atoms with van der Waals surface area (Å²) in [6.45, 7) is 9.67. The van der Waals surface area contributed by atoms with Gasteiger partial charge in [0.15, 0.2) is 0 Å². The first-order chi connectivity index (χ1) is 15.7. The number of amides is 1. The first-order valence-electron chi connectivity index (χ1n) is 11.6. The number of nitrogens with zero attached hydrogens (tertiary/aromatic N) is 1. The van der Waals surface area contributed by atoms with Crippen molar-refractivity contribution in [2.45, 2.75) is 70.9 Å². The predicted octanol–water partition coefficient (Wildman–Crippen LogP) is 7.78. The second kappa shape index (κ2) is 10.9. The number of carbonyl (C=O) groups excluding carboxylic acids is 2. The van der Waals surface area contributed by atoms with Gasteiger partial charge in [-0.1, -0.05) is 67.4 Å². The summed E-state index contributed by atoms with van der Waals surface area (Å²) in [7, 11) is 0. The lowest BCUT2D eigenvalue weighted by Crippen LogP contribution is -2.55. The Hall–Kier alpha value is -2.10. The van der Waals surface area contributed by atoms with Crippen LogP contribution in [0.1, 0.15) is 76.0 Å². The first-order valence-corrected chi connectivity index (χ1v) is 12.4. The lowest BCUT2D eigenvalue weighted by atomic mass is 9.67. The summed E-state index contributed by atoms with van der Waals surface area (Å²) in [5, 5.41) is 1.34. The van der Waals surface area contributed by atoms with E-state index in [1.54, 1.807) is 6.92 Å². The topological polar surface area (TPSA) is 37.4 Å².